The van der Waals surface area contributed by atoms with Crippen molar-refractivity contribution in [2.24, 2.45) is 5.73 Å². The summed E-state index contributed by atoms with van der Waals surface area (Å²) in [5, 5.41) is 25.0. The number of hydrogen-bond donors (Lipinski definition) is 4. The zero-order chi connectivity index (χ0) is 16.3. The molecule has 118 valence electrons. The van der Waals surface area contributed by atoms with Gasteiger partial charge in [0.15, 0.2) is 0 Å². The minimum atomic E-state index is -1.21. The van der Waals surface area contributed by atoms with Crippen molar-refractivity contribution in [3.63, 3.8) is 0 Å². The number of nitrogens with two attached hydrogens (primary N) is 1. The zero-order valence-electron chi connectivity index (χ0n) is 12.5. The van der Waals surface area contributed by atoms with E-state index in [-0.39, 0.29) is 0 Å². The molecular weight excluding hydrogens is 278 g/mol. The van der Waals surface area contributed by atoms with Crippen LogP contribution >= 0.6 is 0 Å². The van der Waals surface area contributed by atoms with Gasteiger partial charge in [0.25, 0.3) is 0 Å². The third-order valence-corrected chi connectivity index (χ3v) is 3.01. The third kappa shape index (κ3) is 6.65. The first-order valence-corrected chi connectivity index (χ1v) is 7.03. The molecule has 0 saturated carbocycles. The van der Waals surface area contributed by atoms with E-state index in [1.165, 1.54) is 11.1 Å². The summed E-state index contributed by atoms with van der Waals surface area (Å²) in [5.74, 6) is 0. The molecule has 0 aliphatic heterocycles. The van der Waals surface area contributed by atoms with Crippen LogP contribution < -0.4 is 5.73 Å². The quantitative estimate of drug-likeness (QED) is 0.631. The molecule has 0 aliphatic carbocycles. The van der Waals surface area contributed by atoms with Gasteiger partial charge in [0.1, 0.15) is 0 Å². The highest BCUT2D eigenvalue weighted by Gasteiger charge is 2.20. The summed E-state index contributed by atoms with van der Waals surface area (Å²) in [4.78, 5) is 0. The number of benzene rings is 2. The summed E-state index contributed by atoms with van der Waals surface area (Å²) < 4.78 is 0. The first-order valence-electron chi connectivity index (χ1n) is 7.03. The molecule has 0 atom stereocenters. The highest BCUT2D eigenvalue weighted by atomic mass is 16.3. The number of aliphatic hydroxyl groups excluding tert-OH is 3. The summed E-state index contributed by atoms with van der Waals surface area (Å²) in [6, 6.07) is 20.6. The SMILES string of the molecule is C(=C\c1ccccc1)/c1ccccc1.NC(CO)(CO)CO. The van der Waals surface area contributed by atoms with Gasteiger partial charge in [-0.05, 0) is 11.1 Å². The summed E-state index contributed by atoms with van der Waals surface area (Å²) in [6.07, 6.45) is 4.24. The van der Waals surface area contributed by atoms with Crippen molar-refractivity contribution in [3.8, 4) is 0 Å². The first-order chi connectivity index (χ1) is 10.6. The fourth-order valence-corrected chi connectivity index (χ4v) is 1.47. The predicted octanol–water partition coefficient (Wildman–Crippen LogP) is 1.52. The van der Waals surface area contributed by atoms with Gasteiger partial charge in [-0.25, -0.2) is 0 Å². The topological polar surface area (TPSA) is 86.7 Å². The lowest BCUT2D eigenvalue weighted by atomic mass is 10.1. The van der Waals surface area contributed by atoms with Gasteiger partial charge in [-0.2, -0.15) is 0 Å². The second-order valence-corrected chi connectivity index (χ2v) is 4.99. The second kappa shape index (κ2) is 9.87. The Balaban J connectivity index is 0.000000261. The van der Waals surface area contributed by atoms with Crippen LogP contribution in [0.25, 0.3) is 12.2 Å². The van der Waals surface area contributed by atoms with E-state index in [0.29, 0.717) is 0 Å². The molecule has 0 fully saturated rings. The Morgan fingerprint density at radius 3 is 1.23 bits per heavy atom. The van der Waals surface area contributed by atoms with E-state index in [1.807, 2.05) is 36.4 Å². The van der Waals surface area contributed by atoms with E-state index in [4.69, 9.17) is 21.1 Å². The lowest BCUT2D eigenvalue weighted by Gasteiger charge is -2.20. The van der Waals surface area contributed by atoms with Gasteiger partial charge in [-0.15, -0.1) is 0 Å². The van der Waals surface area contributed by atoms with Crippen molar-refractivity contribution in [1.82, 2.24) is 0 Å². The van der Waals surface area contributed by atoms with Gasteiger partial charge in [0.2, 0.25) is 0 Å². The monoisotopic (exact) mass is 301 g/mol. The normalized spacial score (nSPS) is 11.1. The van der Waals surface area contributed by atoms with Crippen LogP contribution in [-0.2, 0) is 0 Å². The lowest BCUT2D eigenvalue weighted by Crippen LogP contribution is -2.50. The summed E-state index contributed by atoms with van der Waals surface area (Å²) >= 11 is 0. The molecule has 5 N–H and O–H groups in total. The molecule has 0 aromatic heterocycles. The molecule has 2 rings (SSSR count). The maximum Gasteiger partial charge on any atom is 0.0856 e. The Labute approximate surface area is 131 Å². The van der Waals surface area contributed by atoms with Crippen LogP contribution in [0.15, 0.2) is 60.7 Å². The molecule has 0 saturated heterocycles. The molecular formula is C18H23NO3. The van der Waals surface area contributed by atoms with Gasteiger partial charge in [-0.3, -0.25) is 0 Å². The largest absolute Gasteiger partial charge is 0.394 e. The predicted molar refractivity (Wildman–Crippen MR) is 90.0 cm³/mol. The summed E-state index contributed by atoms with van der Waals surface area (Å²) in [5.41, 5.74) is 6.40. The number of rotatable bonds is 5. The van der Waals surface area contributed by atoms with E-state index in [1.54, 1.807) is 0 Å². The smallest absolute Gasteiger partial charge is 0.0856 e. The maximum absolute atomic E-state index is 8.34. The van der Waals surface area contributed by atoms with Crippen LogP contribution in [0, 0.1) is 0 Å². The molecule has 4 heteroatoms. The molecule has 4 nitrogen and oxygen atoms in total. The second-order valence-electron chi connectivity index (χ2n) is 4.99. The molecule has 0 aliphatic rings. The van der Waals surface area contributed by atoms with E-state index < -0.39 is 25.4 Å². The van der Waals surface area contributed by atoms with Crippen LogP contribution in [0.1, 0.15) is 11.1 Å². The Morgan fingerprint density at radius 1 is 0.682 bits per heavy atom. The van der Waals surface area contributed by atoms with Gasteiger partial charge >= 0.3 is 0 Å². The molecule has 2 aromatic rings. The van der Waals surface area contributed by atoms with E-state index in [9.17, 15) is 0 Å². The summed E-state index contributed by atoms with van der Waals surface area (Å²) in [6.45, 7) is -1.21. The van der Waals surface area contributed by atoms with Crippen molar-refractivity contribution >= 4 is 12.2 Å². The minimum absolute atomic E-state index is 0.403. The van der Waals surface area contributed by atoms with Gasteiger partial charge in [0, 0.05) is 0 Å². The van der Waals surface area contributed by atoms with Gasteiger partial charge in [0.05, 0.1) is 25.4 Å². The summed E-state index contributed by atoms with van der Waals surface area (Å²) in [7, 11) is 0. The van der Waals surface area contributed by atoms with E-state index in [0.717, 1.165) is 0 Å². The average molecular weight is 301 g/mol. The molecule has 0 unspecified atom stereocenters. The standard InChI is InChI=1S/C14H12.C4H11NO3/c1-3-7-13(8-4-1)11-12-14-9-5-2-6-10-14;5-4(1-6,2-7)3-8/h1-12H;6-8H,1-3,5H2/b12-11+;. The lowest BCUT2D eigenvalue weighted by molar-refractivity contribution is 0.0698. The van der Waals surface area contributed by atoms with Crippen molar-refractivity contribution in [2.45, 2.75) is 5.54 Å². The van der Waals surface area contributed by atoms with Crippen LogP contribution in [0.2, 0.25) is 0 Å². The number of hydrogen-bond acceptors (Lipinski definition) is 4. The molecule has 0 amide bonds. The van der Waals surface area contributed by atoms with Crippen LogP contribution in [0.3, 0.4) is 0 Å². The fraction of sp³-hybridized carbons (Fsp3) is 0.222. The van der Waals surface area contributed by atoms with Gasteiger partial charge in [-0.1, -0.05) is 72.8 Å². The van der Waals surface area contributed by atoms with Crippen molar-refractivity contribution < 1.29 is 15.3 Å². The van der Waals surface area contributed by atoms with Crippen molar-refractivity contribution in [2.75, 3.05) is 19.8 Å². The Kier molecular flexibility index (Phi) is 8.10. The van der Waals surface area contributed by atoms with Crippen LogP contribution in [0.4, 0.5) is 0 Å². The molecule has 2 aromatic carbocycles. The van der Waals surface area contributed by atoms with Gasteiger partial charge < -0.3 is 21.1 Å². The number of aliphatic hydroxyl groups is 3. The van der Waals surface area contributed by atoms with Crippen molar-refractivity contribution in [1.29, 1.82) is 0 Å². The Morgan fingerprint density at radius 2 is 1.00 bits per heavy atom. The highest BCUT2D eigenvalue weighted by molar-refractivity contribution is 5.69. The van der Waals surface area contributed by atoms with Crippen molar-refractivity contribution in [3.05, 3.63) is 71.8 Å². The maximum atomic E-state index is 8.34. The highest BCUT2D eigenvalue weighted by Crippen LogP contribution is 2.06. The third-order valence-electron chi connectivity index (χ3n) is 3.01. The van der Waals surface area contributed by atoms with Crippen LogP contribution in [0.5, 0.6) is 0 Å². The molecule has 0 bridgehead atoms. The first kappa shape index (κ1) is 18.1. The molecule has 22 heavy (non-hydrogen) atoms. The molecule has 0 heterocycles. The Hall–Kier alpha value is -1.98. The molecule has 0 radical (unpaired) electrons. The zero-order valence-corrected chi connectivity index (χ0v) is 12.5. The Bertz CT molecular complexity index is 487. The molecule has 0 spiro atoms. The van der Waals surface area contributed by atoms with Crippen LogP contribution in [-0.4, -0.2) is 40.7 Å². The minimum Gasteiger partial charge on any atom is -0.394 e. The van der Waals surface area contributed by atoms with E-state index >= 15 is 0 Å². The van der Waals surface area contributed by atoms with E-state index in [2.05, 4.69) is 36.4 Å². The fourth-order valence-electron chi connectivity index (χ4n) is 1.47. The average Bonchev–Trinajstić information content (AvgIpc) is 2.61.